The van der Waals surface area contributed by atoms with Gasteiger partial charge in [-0.1, -0.05) is 25.3 Å². The van der Waals surface area contributed by atoms with Crippen LogP contribution < -0.4 is 0 Å². The van der Waals surface area contributed by atoms with Gasteiger partial charge in [-0.2, -0.15) is 5.26 Å². The molecule has 3 nitrogen and oxygen atoms in total. The van der Waals surface area contributed by atoms with Crippen LogP contribution in [-0.4, -0.2) is 21.6 Å². The van der Waals surface area contributed by atoms with Crippen molar-refractivity contribution in [3.05, 3.63) is 10.8 Å². The highest BCUT2D eigenvalue weighted by Gasteiger charge is 2.26. The Hall–Kier alpha value is -0.600. The van der Waals surface area contributed by atoms with Crippen molar-refractivity contribution in [3.63, 3.8) is 0 Å². The summed E-state index contributed by atoms with van der Waals surface area (Å²) in [5.41, 5.74) is 0. The standard InChI is InChI=1S/C11H17NO2S2/c1-4-7-15-9(2)16-11(3,8-12)6-5-10(13)14/h2,4-7H2,1,3H3,(H,13,14). The van der Waals surface area contributed by atoms with Crippen LogP contribution in [0.4, 0.5) is 0 Å². The van der Waals surface area contributed by atoms with Crippen LogP contribution in [0.5, 0.6) is 0 Å². The summed E-state index contributed by atoms with van der Waals surface area (Å²) < 4.78 is 0.201. The van der Waals surface area contributed by atoms with Crippen molar-refractivity contribution in [2.24, 2.45) is 0 Å². The minimum absolute atomic E-state index is 0.0167. The molecule has 0 aliphatic carbocycles. The highest BCUT2D eigenvalue weighted by atomic mass is 32.2. The number of nitriles is 1. The summed E-state index contributed by atoms with van der Waals surface area (Å²) in [4.78, 5) is 10.5. The summed E-state index contributed by atoms with van der Waals surface area (Å²) in [5, 5.41) is 17.7. The van der Waals surface area contributed by atoms with Gasteiger partial charge in [0.15, 0.2) is 0 Å². The molecule has 0 aromatic carbocycles. The van der Waals surface area contributed by atoms with Gasteiger partial charge in [-0.3, -0.25) is 4.79 Å². The third kappa shape index (κ3) is 6.81. The van der Waals surface area contributed by atoms with Gasteiger partial charge in [-0.05, 0) is 25.5 Å². The molecule has 0 bridgehead atoms. The molecule has 1 atom stereocenters. The van der Waals surface area contributed by atoms with Crippen LogP contribution >= 0.6 is 23.5 Å². The molecular formula is C11H17NO2S2. The molecule has 1 N–H and O–H groups in total. The van der Waals surface area contributed by atoms with E-state index in [2.05, 4.69) is 19.6 Å². The molecule has 0 fully saturated rings. The van der Waals surface area contributed by atoms with E-state index in [9.17, 15) is 4.79 Å². The second-order valence-corrected chi connectivity index (χ2v) is 6.61. The molecule has 0 heterocycles. The van der Waals surface area contributed by atoms with Gasteiger partial charge in [0.2, 0.25) is 0 Å². The van der Waals surface area contributed by atoms with Crippen molar-refractivity contribution >= 4 is 29.5 Å². The summed E-state index contributed by atoms with van der Waals surface area (Å²) in [6.07, 6.45) is 1.42. The van der Waals surface area contributed by atoms with Crippen molar-refractivity contribution in [3.8, 4) is 6.07 Å². The van der Waals surface area contributed by atoms with Crippen LogP contribution in [0.3, 0.4) is 0 Å². The Morgan fingerprint density at radius 1 is 1.62 bits per heavy atom. The Morgan fingerprint density at radius 2 is 2.25 bits per heavy atom. The lowest BCUT2D eigenvalue weighted by Gasteiger charge is -2.20. The summed E-state index contributed by atoms with van der Waals surface area (Å²) >= 11 is 3.00. The molecule has 0 aliphatic rings. The molecule has 0 spiro atoms. The van der Waals surface area contributed by atoms with Crippen molar-refractivity contribution in [1.29, 1.82) is 5.26 Å². The zero-order chi connectivity index (χ0) is 12.6. The molecule has 16 heavy (non-hydrogen) atoms. The molecule has 0 rings (SSSR count). The van der Waals surface area contributed by atoms with E-state index in [1.807, 2.05) is 0 Å². The van der Waals surface area contributed by atoms with Crippen molar-refractivity contribution in [2.75, 3.05) is 5.75 Å². The number of carbonyl (C=O) groups is 1. The number of nitrogens with zero attached hydrogens (tertiary/aromatic N) is 1. The van der Waals surface area contributed by atoms with Crippen LogP contribution in [0, 0.1) is 11.3 Å². The average molecular weight is 259 g/mol. The molecule has 0 aliphatic heterocycles. The van der Waals surface area contributed by atoms with Gasteiger partial charge in [0.1, 0.15) is 4.75 Å². The van der Waals surface area contributed by atoms with Gasteiger partial charge in [0, 0.05) is 10.7 Å². The van der Waals surface area contributed by atoms with E-state index in [4.69, 9.17) is 10.4 Å². The summed E-state index contributed by atoms with van der Waals surface area (Å²) in [6.45, 7) is 7.72. The van der Waals surface area contributed by atoms with Crippen LogP contribution in [0.25, 0.3) is 0 Å². The molecule has 0 aromatic rings. The Morgan fingerprint density at radius 3 is 2.69 bits per heavy atom. The fourth-order valence-corrected chi connectivity index (χ4v) is 3.19. The van der Waals surface area contributed by atoms with Crippen molar-refractivity contribution < 1.29 is 9.90 Å². The number of carboxylic acids is 1. The Kier molecular flexibility index (Phi) is 7.35. The summed E-state index contributed by atoms with van der Waals surface area (Å²) in [6, 6.07) is 2.17. The SMILES string of the molecule is C=C(SCCC)SC(C)(C#N)CCC(=O)O. The topological polar surface area (TPSA) is 61.1 Å². The lowest BCUT2D eigenvalue weighted by atomic mass is 10.1. The zero-order valence-electron chi connectivity index (χ0n) is 9.65. The minimum Gasteiger partial charge on any atom is -0.481 e. The largest absolute Gasteiger partial charge is 0.481 e. The third-order valence-electron chi connectivity index (χ3n) is 1.86. The molecule has 1 unspecified atom stereocenters. The number of hydrogen-bond acceptors (Lipinski definition) is 4. The second kappa shape index (κ2) is 7.64. The smallest absolute Gasteiger partial charge is 0.303 e. The quantitative estimate of drug-likeness (QED) is 0.723. The molecule has 0 radical (unpaired) electrons. The first-order valence-corrected chi connectivity index (χ1v) is 6.87. The average Bonchev–Trinajstić information content (AvgIpc) is 2.23. The van der Waals surface area contributed by atoms with Gasteiger partial charge in [0.05, 0.1) is 6.07 Å². The first-order chi connectivity index (χ1) is 7.43. The van der Waals surface area contributed by atoms with Gasteiger partial charge in [-0.25, -0.2) is 0 Å². The van der Waals surface area contributed by atoms with E-state index >= 15 is 0 Å². The fourth-order valence-electron chi connectivity index (χ4n) is 0.972. The van der Waals surface area contributed by atoms with E-state index in [0.29, 0.717) is 6.42 Å². The maximum Gasteiger partial charge on any atom is 0.303 e. The number of thioether (sulfide) groups is 2. The van der Waals surface area contributed by atoms with Crippen LogP contribution in [-0.2, 0) is 4.79 Å². The van der Waals surface area contributed by atoms with Crippen LogP contribution in [0.1, 0.15) is 33.1 Å². The lowest BCUT2D eigenvalue weighted by molar-refractivity contribution is -0.137. The van der Waals surface area contributed by atoms with Crippen molar-refractivity contribution in [1.82, 2.24) is 0 Å². The van der Waals surface area contributed by atoms with Gasteiger partial charge in [-0.15, -0.1) is 11.8 Å². The lowest BCUT2D eigenvalue weighted by Crippen LogP contribution is -2.18. The Bertz CT molecular complexity index is 299. The van der Waals surface area contributed by atoms with E-state index in [1.54, 1.807) is 18.7 Å². The van der Waals surface area contributed by atoms with E-state index in [0.717, 1.165) is 16.4 Å². The molecule has 0 saturated heterocycles. The molecule has 0 amide bonds. The van der Waals surface area contributed by atoms with Gasteiger partial charge < -0.3 is 5.11 Å². The zero-order valence-corrected chi connectivity index (χ0v) is 11.3. The Balaban J connectivity index is 4.20. The first-order valence-electron chi connectivity index (χ1n) is 5.07. The third-order valence-corrected chi connectivity index (χ3v) is 4.37. The Labute approximate surface area is 105 Å². The summed E-state index contributed by atoms with van der Waals surface area (Å²) in [5.74, 6) is 0.112. The van der Waals surface area contributed by atoms with E-state index in [1.165, 1.54) is 11.8 Å². The number of carboxylic acid groups (broad SMARTS) is 1. The highest BCUT2D eigenvalue weighted by molar-refractivity contribution is 8.22. The number of rotatable bonds is 8. The molecule has 5 heteroatoms. The maximum absolute atomic E-state index is 10.5. The predicted molar refractivity (Wildman–Crippen MR) is 70.4 cm³/mol. The fraction of sp³-hybridized carbons (Fsp3) is 0.636. The number of aliphatic carboxylic acids is 1. The predicted octanol–water partition coefficient (Wildman–Crippen LogP) is 3.48. The summed E-state index contributed by atoms with van der Waals surface area (Å²) in [7, 11) is 0. The maximum atomic E-state index is 10.5. The normalized spacial score (nSPS) is 13.8. The molecular weight excluding hydrogens is 242 g/mol. The van der Waals surface area contributed by atoms with Crippen LogP contribution in [0.2, 0.25) is 0 Å². The van der Waals surface area contributed by atoms with Gasteiger partial charge in [0.25, 0.3) is 0 Å². The minimum atomic E-state index is -0.867. The second-order valence-electron chi connectivity index (χ2n) is 3.56. The highest BCUT2D eigenvalue weighted by Crippen LogP contribution is 2.39. The first kappa shape index (κ1) is 15.4. The van der Waals surface area contributed by atoms with Gasteiger partial charge >= 0.3 is 5.97 Å². The van der Waals surface area contributed by atoms with E-state index < -0.39 is 10.7 Å². The molecule has 90 valence electrons. The van der Waals surface area contributed by atoms with E-state index in [-0.39, 0.29) is 6.42 Å². The van der Waals surface area contributed by atoms with Crippen molar-refractivity contribution in [2.45, 2.75) is 37.9 Å². The molecule has 0 aromatic heterocycles. The van der Waals surface area contributed by atoms with Crippen LogP contribution in [0.15, 0.2) is 10.8 Å². The molecule has 0 saturated carbocycles. The number of hydrogen-bond donors (Lipinski definition) is 1. The monoisotopic (exact) mass is 259 g/mol.